The molecule has 142 valence electrons. The number of pyridine rings is 1. The Kier molecular flexibility index (Phi) is 5.91. The zero-order valence-electron chi connectivity index (χ0n) is 14.4. The standard InChI is InChI=1S/C20H14F2N2O4/c21-13-7-8-16(22)17(10-13)24-19(25)12-27-20(26)15-5-1-2-6-18(15)28-14-4-3-9-23-11-14/h1-11H,12H2,(H,24,25). The van der Waals surface area contributed by atoms with E-state index in [4.69, 9.17) is 9.47 Å². The number of nitrogens with one attached hydrogen (secondary N) is 1. The number of carbonyl (C=O) groups is 2. The third-order valence-corrected chi connectivity index (χ3v) is 3.51. The summed E-state index contributed by atoms with van der Waals surface area (Å²) in [5, 5.41) is 2.14. The molecule has 2 aromatic carbocycles. The number of aromatic nitrogens is 1. The van der Waals surface area contributed by atoms with Crippen LogP contribution in [0.4, 0.5) is 14.5 Å². The minimum absolute atomic E-state index is 0.0936. The van der Waals surface area contributed by atoms with Crippen LogP contribution in [0.25, 0.3) is 0 Å². The van der Waals surface area contributed by atoms with Gasteiger partial charge in [-0.2, -0.15) is 0 Å². The van der Waals surface area contributed by atoms with Crippen LogP contribution in [0, 0.1) is 11.6 Å². The van der Waals surface area contributed by atoms with Gasteiger partial charge in [-0.05, 0) is 36.4 Å². The van der Waals surface area contributed by atoms with Gasteiger partial charge in [0.1, 0.15) is 28.7 Å². The molecular formula is C20H14F2N2O4. The molecule has 1 N–H and O–H groups in total. The fraction of sp³-hybridized carbons (Fsp3) is 0.0500. The van der Waals surface area contributed by atoms with E-state index in [1.807, 2.05) is 0 Å². The number of esters is 1. The molecule has 0 spiro atoms. The number of hydrogen-bond donors (Lipinski definition) is 1. The number of nitrogens with zero attached hydrogens (tertiary/aromatic N) is 1. The molecule has 0 aliphatic carbocycles. The Hall–Kier alpha value is -3.81. The Morgan fingerprint density at radius 1 is 1.04 bits per heavy atom. The Morgan fingerprint density at radius 2 is 1.86 bits per heavy atom. The summed E-state index contributed by atoms with van der Waals surface area (Å²) in [7, 11) is 0. The molecule has 3 rings (SSSR count). The smallest absolute Gasteiger partial charge is 0.342 e. The van der Waals surface area contributed by atoms with Crippen molar-refractivity contribution in [3.63, 3.8) is 0 Å². The second-order valence-electron chi connectivity index (χ2n) is 5.54. The topological polar surface area (TPSA) is 77.5 Å². The van der Waals surface area contributed by atoms with Crippen LogP contribution in [0.2, 0.25) is 0 Å². The number of para-hydroxylation sites is 1. The molecular weight excluding hydrogens is 370 g/mol. The summed E-state index contributed by atoms with van der Waals surface area (Å²) in [5.74, 6) is -2.51. The second-order valence-corrected chi connectivity index (χ2v) is 5.54. The molecule has 8 heteroatoms. The monoisotopic (exact) mass is 384 g/mol. The van der Waals surface area contributed by atoms with E-state index in [1.54, 1.807) is 36.5 Å². The molecule has 1 amide bonds. The van der Waals surface area contributed by atoms with Crippen LogP contribution in [0.5, 0.6) is 11.5 Å². The summed E-state index contributed by atoms with van der Waals surface area (Å²) in [6.45, 7) is -0.685. The van der Waals surface area contributed by atoms with Crippen molar-refractivity contribution in [2.24, 2.45) is 0 Å². The Bertz CT molecular complexity index is 997. The van der Waals surface area contributed by atoms with E-state index in [9.17, 15) is 18.4 Å². The molecule has 0 fully saturated rings. The second kappa shape index (κ2) is 8.72. The van der Waals surface area contributed by atoms with E-state index in [1.165, 1.54) is 12.3 Å². The van der Waals surface area contributed by atoms with Crippen molar-refractivity contribution in [2.75, 3.05) is 11.9 Å². The first kappa shape index (κ1) is 19.0. The molecule has 0 aliphatic rings. The highest BCUT2D eigenvalue weighted by atomic mass is 19.1. The molecule has 6 nitrogen and oxygen atoms in total. The van der Waals surface area contributed by atoms with Gasteiger partial charge in [0.15, 0.2) is 6.61 Å². The molecule has 3 aromatic rings. The summed E-state index contributed by atoms with van der Waals surface area (Å²) in [6, 6.07) is 12.3. The number of hydrogen-bond acceptors (Lipinski definition) is 5. The maximum Gasteiger partial charge on any atom is 0.342 e. The zero-order valence-corrected chi connectivity index (χ0v) is 14.4. The van der Waals surface area contributed by atoms with Gasteiger partial charge in [-0.3, -0.25) is 9.78 Å². The fourth-order valence-corrected chi connectivity index (χ4v) is 2.25. The normalized spacial score (nSPS) is 10.2. The van der Waals surface area contributed by atoms with Gasteiger partial charge in [0.25, 0.3) is 5.91 Å². The highest BCUT2D eigenvalue weighted by Gasteiger charge is 2.16. The molecule has 0 unspecified atom stereocenters. The van der Waals surface area contributed by atoms with E-state index in [-0.39, 0.29) is 17.0 Å². The lowest BCUT2D eigenvalue weighted by atomic mass is 10.2. The SMILES string of the molecule is O=C(COC(=O)c1ccccc1Oc1cccnc1)Nc1cc(F)ccc1F. The maximum absolute atomic E-state index is 13.5. The van der Waals surface area contributed by atoms with E-state index in [0.717, 1.165) is 18.2 Å². The molecule has 0 saturated carbocycles. The van der Waals surface area contributed by atoms with Gasteiger partial charge >= 0.3 is 5.97 Å². The Morgan fingerprint density at radius 3 is 2.64 bits per heavy atom. The Balaban J connectivity index is 1.63. The first-order valence-electron chi connectivity index (χ1n) is 8.12. The first-order chi connectivity index (χ1) is 13.5. The van der Waals surface area contributed by atoms with Crippen LogP contribution in [0.1, 0.15) is 10.4 Å². The van der Waals surface area contributed by atoms with Crippen molar-refractivity contribution >= 4 is 17.6 Å². The number of benzene rings is 2. The summed E-state index contributed by atoms with van der Waals surface area (Å²) in [4.78, 5) is 28.1. The van der Waals surface area contributed by atoms with Crippen molar-refractivity contribution < 1.29 is 27.8 Å². The summed E-state index contributed by atoms with van der Waals surface area (Å²) in [5.41, 5.74) is -0.252. The number of halogens is 2. The lowest BCUT2D eigenvalue weighted by Crippen LogP contribution is -2.21. The molecule has 0 radical (unpaired) electrons. The largest absolute Gasteiger partial charge is 0.455 e. The van der Waals surface area contributed by atoms with E-state index < -0.39 is 30.1 Å². The van der Waals surface area contributed by atoms with Crippen LogP contribution in [-0.4, -0.2) is 23.5 Å². The van der Waals surface area contributed by atoms with Crippen molar-refractivity contribution in [1.29, 1.82) is 0 Å². The highest BCUT2D eigenvalue weighted by Crippen LogP contribution is 2.25. The molecule has 1 heterocycles. The van der Waals surface area contributed by atoms with Crippen LogP contribution in [0.15, 0.2) is 67.0 Å². The van der Waals surface area contributed by atoms with Crippen molar-refractivity contribution in [3.05, 3.63) is 84.2 Å². The predicted octanol–water partition coefficient (Wildman–Crippen LogP) is 3.95. The first-order valence-corrected chi connectivity index (χ1v) is 8.12. The molecule has 0 atom stereocenters. The fourth-order valence-electron chi connectivity index (χ4n) is 2.25. The maximum atomic E-state index is 13.5. The van der Waals surface area contributed by atoms with Gasteiger partial charge in [0, 0.05) is 12.3 Å². The molecule has 0 saturated heterocycles. The Labute approximate surface area is 158 Å². The number of amides is 1. The third-order valence-electron chi connectivity index (χ3n) is 3.51. The molecule has 0 aliphatic heterocycles. The number of carbonyl (C=O) groups excluding carboxylic acids is 2. The van der Waals surface area contributed by atoms with Crippen LogP contribution in [0.3, 0.4) is 0 Å². The number of ether oxygens (including phenoxy) is 2. The predicted molar refractivity (Wildman–Crippen MR) is 96.0 cm³/mol. The zero-order chi connectivity index (χ0) is 19.9. The van der Waals surface area contributed by atoms with Gasteiger partial charge in [0.05, 0.1) is 11.9 Å². The average molecular weight is 384 g/mol. The van der Waals surface area contributed by atoms with Crippen molar-refractivity contribution in [1.82, 2.24) is 4.98 Å². The minimum Gasteiger partial charge on any atom is -0.455 e. The lowest BCUT2D eigenvalue weighted by Gasteiger charge is -2.11. The average Bonchev–Trinajstić information content (AvgIpc) is 2.70. The number of rotatable bonds is 6. The van der Waals surface area contributed by atoms with Crippen molar-refractivity contribution in [3.8, 4) is 11.5 Å². The third kappa shape index (κ3) is 4.88. The van der Waals surface area contributed by atoms with Crippen LogP contribution in [-0.2, 0) is 9.53 Å². The molecule has 0 bridgehead atoms. The highest BCUT2D eigenvalue weighted by molar-refractivity contribution is 5.96. The van der Waals surface area contributed by atoms with Crippen LogP contribution >= 0.6 is 0 Å². The summed E-state index contributed by atoms with van der Waals surface area (Å²) in [6.07, 6.45) is 3.05. The quantitative estimate of drug-likeness (QED) is 0.651. The number of anilines is 1. The van der Waals surface area contributed by atoms with E-state index in [2.05, 4.69) is 10.3 Å². The molecule has 1 aromatic heterocycles. The lowest BCUT2D eigenvalue weighted by molar-refractivity contribution is -0.119. The van der Waals surface area contributed by atoms with Gasteiger partial charge in [-0.1, -0.05) is 12.1 Å². The minimum atomic E-state index is -0.816. The summed E-state index contributed by atoms with van der Waals surface area (Å²) < 4.78 is 37.2. The summed E-state index contributed by atoms with van der Waals surface area (Å²) >= 11 is 0. The molecule has 28 heavy (non-hydrogen) atoms. The van der Waals surface area contributed by atoms with Gasteiger partial charge in [-0.15, -0.1) is 0 Å². The van der Waals surface area contributed by atoms with E-state index in [0.29, 0.717) is 5.75 Å². The van der Waals surface area contributed by atoms with Crippen LogP contribution < -0.4 is 10.1 Å². The van der Waals surface area contributed by atoms with E-state index >= 15 is 0 Å². The van der Waals surface area contributed by atoms with Gasteiger partial charge in [-0.25, -0.2) is 13.6 Å². The van der Waals surface area contributed by atoms with Crippen molar-refractivity contribution in [2.45, 2.75) is 0 Å². The van der Waals surface area contributed by atoms with Gasteiger partial charge < -0.3 is 14.8 Å². The van der Waals surface area contributed by atoms with Gasteiger partial charge in [0.2, 0.25) is 0 Å².